The van der Waals surface area contributed by atoms with E-state index in [1.807, 2.05) is 30.3 Å². The first-order chi connectivity index (χ1) is 10.8. The van der Waals surface area contributed by atoms with Crippen LogP contribution in [0.3, 0.4) is 0 Å². The lowest BCUT2D eigenvalue weighted by atomic mass is 10.0. The van der Waals surface area contributed by atoms with Crippen LogP contribution >= 0.6 is 0 Å². The molecular formula is C17H16N4O. The molecule has 2 heterocycles. The third kappa shape index (κ3) is 3.12. The monoisotopic (exact) mass is 292 g/mol. The molecule has 22 heavy (non-hydrogen) atoms. The van der Waals surface area contributed by atoms with Crippen LogP contribution in [0.5, 0.6) is 0 Å². The van der Waals surface area contributed by atoms with Crippen LogP contribution in [0.4, 0.5) is 0 Å². The van der Waals surface area contributed by atoms with E-state index in [1.54, 1.807) is 17.3 Å². The normalized spacial score (nSPS) is 17.2. The SMILES string of the molecule is N#CN1CC[C@@H](CC(=O)c2ncc(-c3ccccc3)cn2)C1. The Kier molecular flexibility index (Phi) is 4.10. The van der Waals surface area contributed by atoms with Gasteiger partial charge in [-0.15, -0.1) is 0 Å². The second-order valence-electron chi connectivity index (χ2n) is 5.49. The predicted molar refractivity (Wildman–Crippen MR) is 81.7 cm³/mol. The number of Topliss-reactive ketones (excluding diaryl/α,β-unsaturated/α-hetero) is 1. The van der Waals surface area contributed by atoms with Crippen LogP contribution in [0.25, 0.3) is 11.1 Å². The molecule has 0 amide bonds. The molecule has 0 unspecified atom stereocenters. The number of nitriles is 1. The van der Waals surface area contributed by atoms with Crippen LogP contribution in [-0.4, -0.2) is 33.7 Å². The van der Waals surface area contributed by atoms with Crippen molar-refractivity contribution in [1.82, 2.24) is 14.9 Å². The minimum absolute atomic E-state index is 0.0515. The van der Waals surface area contributed by atoms with E-state index in [2.05, 4.69) is 16.2 Å². The van der Waals surface area contributed by atoms with Gasteiger partial charge in [0.2, 0.25) is 0 Å². The summed E-state index contributed by atoms with van der Waals surface area (Å²) in [6.45, 7) is 1.40. The summed E-state index contributed by atoms with van der Waals surface area (Å²) in [6.07, 6.45) is 6.78. The zero-order valence-electron chi connectivity index (χ0n) is 12.1. The summed E-state index contributed by atoms with van der Waals surface area (Å²) in [5, 5.41) is 8.84. The summed E-state index contributed by atoms with van der Waals surface area (Å²) >= 11 is 0. The number of hydrogen-bond acceptors (Lipinski definition) is 5. The molecular weight excluding hydrogens is 276 g/mol. The minimum Gasteiger partial charge on any atom is -0.310 e. The number of ketones is 1. The largest absolute Gasteiger partial charge is 0.310 e. The van der Waals surface area contributed by atoms with Crippen LogP contribution in [0.1, 0.15) is 23.5 Å². The van der Waals surface area contributed by atoms with E-state index < -0.39 is 0 Å². The highest BCUT2D eigenvalue weighted by molar-refractivity contribution is 5.92. The number of nitrogens with zero attached hydrogens (tertiary/aromatic N) is 4. The number of likely N-dealkylation sites (tertiary alicyclic amines) is 1. The molecule has 1 atom stereocenters. The Morgan fingerprint density at radius 2 is 1.95 bits per heavy atom. The molecule has 1 aliphatic heterocycles. The van der Waals surface area contributed by atoms with Gasteiger partial charge in [-0.25, -0.2) is 9.97 Å². The Hall–Kier alpha value is -2.74. The number of hydrogen-bond donors (Lipinski definition) is 0. The first-order valence-corrected chi connectivity index (χ1v) is 7.31. The van der Waals surface area contributed by atoms with Crippen molar-refractivity contribution in [3.63, 3.8) is 0 Å². The van der Waals surface area contributed by atoms with E-state index in [1.165, 1.54) is 0 Å². The van der Waals surface area contributed by atoms with Crippen molar-refractivity contribution < 1.29 is 4.79 Å². The minimum atomic E-state index is -0.0515. The number of rotatable bonds is 4. The fourth-order valence-corrected chi connectivity index (χ4v) is 2.70. The van der Waals surface area contributed by atoms with Crippen LogP contribution in [0.2, 0.25) is 0 Å². The molecule has 110 valence electrons. The number of aromatic nitrogens is 2. The van der Waals surface area contributed by atoms with E-state index in [0.29, 0.717) is 13.0 Å². The molecule has 5 heteroatoms. The second kappa shape index (κ2) is 6.35. The summed E-state index contributed by atoms with van der Waals surface area (Å²) in [5.41, 5.74) is 1.93. The van der Waals surface area contributed by atoms with Crippen molar-refractivity contribution in [2.45, 2.75) is 12.8 Å². The predicted octanol–water partition coefficient (Wildman–Crippen LogP) is 2.52. The topological polar surface area (TPSA) is 69.9 Å². The fraction of sp³-hybridized carbons (Fsp3) is 0.294. The molecule has 1 aromatic heterocycles. The third-order valence-corrected chi connectivity index (χ3v) is 3.91. The van der Waals surface area contributed by atoms with E-state index in [9.17, 15) is 4.79 Å². The maximum absolute atomic E-state index is 12.2. The molecule has 1 aromatic carbocycles. The maximum atomic E-state index is 12.2. The summed E-state index contributed by atoms with van der Waals surface area (Å²) in [5.74, 6) is 0.434. The third-order valence-electron chi connectivity index (χ3n) is 3.91. The Balaban J connectivity index is 1.66. The van der Waals surface area contributed by atoms with Crippen LogP contribution in [0, 0.1) is 17.4 Å². The van der Waals surface area contributed by atoms with Crippen molar-refractivity contribution >= 4 is 5.78 Å². The summed E-state index contributed by atoms with van der Waals surface area (Å²) in [7, 11) is 0. The first kappa shape index (κ1) is 14.2. The lowest BCUT2D eigenvalue weighted by Gasteiger charge is -2.08. The average molecular weight is 292 g/mol. The Labute approximate surface area is 129 Å². The van der Waals surface area contributed by atoms with Gasteiger partial charge < -0.3 is 4.90 Å². The van der Waals surface area contributed by atoms with E-state index in [4.69, 9.17) is 5.26 Å². The highest BCUT2D eigenvalue weighted by Gasteiger charge is 2.25. The van der Waals surface area contributed by atoms with Crippen LogP contribution < -0.4 is 0 Å². The van der Waals surface area contributed by atoms with Gasteiger partial charge in [0.15, 0.2) is 17.8 Å². The van der Waals surface area contributed by atoms with Gasteiger partial charge >= 0.3 is 0 Å². The van der Waals surface area contributed by atoms with E-state index in [0.717, 1.165) is 24.1 Å². The van der Waals surface area contributed by atoms with Crippen molar-refractivity contribution in [3.05, 3.63) is 48.5 Å². The number of carbonyl (C=O) groups excluding carboxylic acids is 1. The molecule has 1 aliphatic rings. The van der Waals surface area contributed by atoms with Crippen molar-refractivity contribution in [2.75, 3.05) is 13.1 Å². The van der Waals surface area contributed by atoms with Gasteiger partial charge in [0, 0.05) is 37.5 Å². The summed E-state index contributed by atoms with van der Waals surface area (Å²) in [6, 6.07) is 9.82. The highest BCUT2D eigenvalue weighted by Crippen LogP contribution is 2.21. The fourth-order valence-electron chi connectivity index (χ4n) is 2.70. The molecule has 5 nitrogen and oxygen atoms in total. The zero-order chi connectivity index (χ0) is 15.4. The molecule has 3 rings (SSSR count). The van der Waals surface area contributed by atoms with E-state index >= 15 is 0 Å². The van der Waals surface area contributed by atoms with Gasteiger partial charge in [-0.3, -0.25) is 4.79 Å². The van der Waals surface area contributed by atoms with Crippen LogP contribution in [-0.2, 0) is 0 Å². The molecule has 0 bridgehead atoms. The number of benzene rings is 1. The zero-order valence-corrected chi connectivity index (χ0v) is 12.1. The smallest absolute Gasteiger partial charge is 0.200 e. The Morgan fingerprint density at radius 1 is 1.23 bits per heavy atom. The highest BCUT2D eigenvalue weighted by atomic mass is 16.1. The van der Waals surface area contributed by atoms with Gasteiger partial charge in [-0.1, -0.05) is 30.3 Å². The summed E-state index contributed by atoms with van der Waals surface area (Å²) < 4.78 is 0. The van der Waals surface area contributed by atoms with Gasteiger partial charge in [-0.05, 0) is 17.9 Å². The molecule has 0 N–H and O–H groups in total. The molecule has 0 radical (unpaired) electrons. The standard InChI is InChI=1S/C17H16N4O/c18-12-21-7-6-13(11-21)8-16(22)17-19-9-15(10-20-17)14-4-2-1-3-5-14/h1-5,9-10,13H,6-8,11H2/t13-/m0/s1. The summed E-state index contributed by atoms with van der Waals surface area (Å²) in [4.78, 5) is 22.3. The number of carbonyl (C=O) groups is 1. The second-order valence-corrected chi connectivity index (χ2v) is 5.49. The average Bonchev–Trinajstić information content (AvgIpc) is 3.03. The molecule has 1 saturated heterocycles. The van der Waals surface area contributed by atoms with Gasteiger partial charge in [0.1, 0.15) is 0 Å². The van der Waals surface area contributed by atoms with Gasteiger partial charge in [0.25, 0.3) is 0 Å². The van der Waals surface area contributed by atoms with Gasteiger partial charge in [0.05, 0.1) is 0 Å². The quantitative estimate of drug-likeness (QED) is 0.639. The van der Waals surface area contributed by atoms with Crippen molar-refractivity contribution in [3.8, 4) is 17.3 Å². The lowest BCUT2D eigenvalue weighted by Crippen LogP contribution is -2.16. The van der Waals surface area contributed by atoms with E-state index in [-0.39, 0.29) is 17.5 Å². The van der Waals surface area contributed by atoms with Crippen molar-refractivity contribution in [2.24, 2.45) is 5.92 Å². The molecule has 1 fully saturated rings. The molecule has 0 aliphatic carbocycles. The van der Waals surface area contributed by atoms with Crippen molar-refractivity contribution in [1.29, 1.82) is 5.26 Å². The van der Waals surface area contributed by atoms with Crippen LogP contribution in [0.15, 0.2) is 42.7 Å². The first-order valence-electron chi connectivity index (χ1n) is 7.31. The van der Waals surface area contributed by atoms with Gasteiger partial charge in [-0.2, -0.15) is 5.26 Å². The Morgan fingerprint density at radius 3 is 2.59 bits per heavy atom. The molecule has 0 saturated carbocycles. The lowest BCUT2D eigenvalue weighted by molar-refractivity contribution is 0.0953. The molecule has 0 spiro atoms. The Bertz CT molecular complexity index is 691. The maximum Gasteiger partial charge on any atom is 0.200 e. The molecule has 2 aromatic rings.